The molecule has 33 heavy (non-hydrogen) atoms. The summed E-state index contributed by atoms with van der Waals surface area (Å²) in [7, 11) is 3.85. The number of hydrogen-bond acceptors (Lipinski definition) is 5. The summed E-state index contributed by atoms with van der Waals surface area (Å²) in [6.45, 7) is 3.48. The third-order valence-electron chi connectivity index (χ3n) is 6.27. The summed E-state index contributed by atoms with van der Waals surface area (Å²) in [4.78, 5) is 27.4. The number of carbonyl (C=O) groups excluding carboxylic acids is 1. The molecule has 0 saturated carbocycles. The Morgan fingerprint density at radius 2 is 1.91 bits per heavy atom. The van der Waals surface area contributed by atoms with Crippen LogP contribution < -0.4 is 15.7 Å². The van der Waals surface area contributed by atoms with E-state index < -0.39 is 0 Å². The number of hydrogen-bond donors (Lipinski definition) is 1. The monoisotopic (exact) mass is 452 g/mol. The van der Waals surface area contributed by atoms with Crippen LogP contribution in [0.4, 0.5) is 0 Å². The molecule has 1 aliphatic rings. The second-order valence-electron chi connectivity index (χ2n) is 8.51. The lowest BCUT2D eigenvalue weighted by Crippen LogP contribution is -2.38. The molecule has 1 N–H and O–H groups in total. The quantitative estimate of drug-likeness (QED) is 0.538. The predicted octanol–water partition coefficient (Wildman–Crippen LogP) is 2.15. The number of aromatic nitrogens is 2. The van der Waals surface area contributed by atoms with Crippen molar-refractivity contribution >= 4 is 16.9 Å². The molecule has 0 spiro atoms. The molecule has 0 bridgehead atoms. The first kappa shape index (κ1) is 23.1. The molecule has 0 radical (unpaired) electrons. The number of carbonyl (C=O) groups is 1. The van der Waals surface area contributed by atoms with Crippen LogP contribution in [0, 0.1) is 0 Å². The van der Waals surface area contributed by atoms with Crippen molar-refractivity contribution < 1.29 is 14.3 Å². The number of rotatable bonds is 9. The summed E-state index contributed by atoms with van der Waals surface area (Å²) in [6, 6.07) is 15.8. The Balaban J connectivity index is 1.28. The van der Waals surface area contributed by atoms with Gasteiger partial charge in [-0.1, -0.05) is 24.3 Å². The molecule has 2 heterocycles. The van der Waals surface area contributed by atoms with E-state index in [0.29, 0.717) is 19.2 Å². The van der Waals surface area contributed by atoms with Crippen molar-refractivity contribution in [3.8, 4) is 5.75 Å². The van der Waals surface area contributed by atoms with Gasteiger partial charge in [0.25, 0.3) is 0 Å². The van der Waals surface area contributed by atoms with E-state index in [4.69, 9.17) is 9.47 Å². The molecule has 1 aliphatic heterocycles. The Morgan fingerprint density at radius 3 is 2.70 bits per heavy atom. The first-order valence-corrected chi connectivity index (χ1v) is 11.4. The van der Waals surface area contributed by atoms with Gasteiger partial charge in [0.15, 0.2) is 0 Å². The molecule has 1 aromatic heterocycles. The molecule has 176 valence electrons. The molecule has 0 unspecified atom stereocenters. The number of nitrogens with one attached hydrogen (secondary N) is 1. The number of imidazole rings is 1. The van der Waals surface area contributed by atoms with Crippen LogP contribution in [-0.4, -0.2) is 59.4 Å². The second kappa shape index (κ2) is 10.7. The number of likely N-dealkylation sites (N-methyl/N-ethyl adjacent to an activating group) is 1. The molecule has 2 aromatic carbocycles. The largest absolute Gasteiger partial charge is 0.492 e. The van der Waals surface area contributed by atoms with Crippen LogP contribution in [0.1, 0.15) is 18.4 Å². The summed E-state index contributed by atoms with van der Waals surface area (Å²) in [5.41, 5.74) is 2.31. The molecule has 8 nitrogen and oxygen atoms in total. The van der Waals surface area contributed by atoms with Crippen molar-refractivity contribution in [1.82, 2.24) is 19.4 Å². The van der Waals surface area contributed by atoms with Crippen molar-refractivity contribution in [3.63, 3.8) is 0 Å². The van der Waals surface area contributed by atoms with Crippen LogP contribution in [0.5, 0.6) is 5.75 Å². The minimum atomic E-state index is -0.210. The van der Waals surface area contributed by atoms with Crippen molar-refractivity contribution in [2.24, 2.45) is 7.05 Å². The molecule has 0 aliphatic carbocycles. The third kappa shape index (κ3) is 5.64. The van der Waals surface area contributed by atoms with Crippen molar-refractivity contribution in [1.29, 1.82) is 0 Å². The highest BCUT2D eigenvalue weighted by molar-refractivity contribution is 5.80. The first-order chi connectivity index (χ1) is 16.0. The number of amides is 1. The number of fused-ring (bicyclic) bond motifs is 1. The Morgan fingerprint density at radius 1 is 1.15 bits per heavy atom. The summed E-state index contributed by atoms with van der Waals surface area (Å²) in [6.07, 6.45) is 2.13. The maximum Gasteiger partial charge on any atom is 0.329 e. The summed E-state index contributed by atoms with van der Waals surface area (Å²) < 4.78 is 14.4. The average molecular weight is 453 g/mol. The molecule has 4 rings (SSSR count). The SMILES string of the molecule is CN(CCOc1cccc(CNC(=O)Cn2c(=O)n(C)c3ccccc32)c1)C1CCOCC1. The molecule has 1 amide bonds. The molecule has 3 aromatic rings. The molecular formula is C25H32N4O4. The van der Waals surface area contributed by atoms with Crippen LogP contribution in [0.25, 0.3) is 11.0 Å². The van der Waals surface area contributed by atoms with Gasteiger partial charge in [0, 0.05) is 39.4 Å². The van der Waals surface area contributed by atoms with E-state index in [1.807, 2.05) is 48.5 Å². The number of ether oxygens (including phenoxy) is 2. The van der Waals surface area contributed by atoms with Crippen LogP contribution in [-0.2, 0) is 29.7 Å². The Kier molecular flexibility index (Phi) is 7.47. The lowest BCUT2D eigenvalue weighted by molar-refractivity contribution is -0.121. The second-order valence-corrected chi connectivity index (χ2v) is 8.51. The topological polar surface area (TPSA) is 77.7 Å². The van der Waals surface area contributed by atoms with E-state index in [0.717, 1.165) is 54.9 Å². The molecule has 1 saturated heterocycles. The van der Waals surface area contributed by atoms with Crippen LogP contribution in [0.3, 0.4) is 0 Å². The minimum absolute atomic E-state index is 0.0189. The average Bonchev–Trinajstić information content (AvgIpc) is 3.08. The Bertz CT molecular complexity index is 1150. The van der Waals surface area contributed by atoms with Gasteiger partial charge in [0.2, 0.25) is 5.91 Å². The van der Waals surface area contributed by atoms with Crippen molar-refractivity contribution in [3.05, 3.63) is 64.6 Å². The maximum absolute atomic E-state index is 12.5. The number of benzene rings is 2. The van der Waals surface area contributed by atoms with Crippen LogP contribution in [0.15, 0.2) is 53.3 Å². The maximum atomic E-state index is 12.5. The van der Waals surface area contributed by atoms with Gasteiger partial charge in [-0.25, -0.2) is 4.79 Å². The molecular weight excluding hydrogens is 420 g/mol. The van der Waals surface area contributed by atoms with Crippen molar-refractivity contribution in [2.45, 2.75) is 32.0 Å². The highest BCUT2D eigenvalue weighted by Gasteiger charge is 2.18. The highest BCUT2D eigenvalue weighted by Crippen LogP contribution is 2.15. The zero-order valence-electron chi connectivity index (χ0n) is 19.3. The van der Waals surface area contributed by atoms with Gasteiger partial charge in [-0.3, -0.25) is 18.8 Å². The van der Waals surface area contributed by atoms with E-state index in [2.05, 4.69) is 17.3 Å². The zero-order chi connectivity index (χ0) is 23.2. The fraction of sp³-hybridized carbons (Fsp3) is 0.440. The highest BCUT2D eigenvalue weighted by atomic mass is 16.5. The Labute approximate surface area is 193 Å². The molecule has 0 atom stereocenters. The first-order valence-electron chi connectivity index (χ1n) is 11.4. The van der Waals surface area contributed by atoms with E-state index >= 15 is 0 Å². The van der Waals surface area contributed by atoms with Gasteiger partial charge in [-0.05, 0) is 49.7 Å². The summed E-state index contributed by atoms with van der Waals surface area (Å²) in [5, 5.41) is 2.91. The minimum Gasteiger partial charge on any atom is -0.492 e. The van der Waals surface area contributed by atoms with E-state index in [9.17, 15) is 9.59 Å². The smallest absolute Gasteiger partial charge is 0.329 e. The van der Waals surface area contributed by atoms with Crippen molar-refractivity contribution in [2.75, 3.05) is 33.4 Å². The van der Waals surface area contributed by atoms with Gasteiger partial charge in [-0.2, -0.15) is 0 Å². The fourth-order valence-corrected chi connectivity index (χ4v) is 4.28. The van der Waals surface area contributed by atoms with E-state index in [1.54, 1.807) is 11.6 Å². The van der Waals surface area contributed by atoms with Gasteiger partial charge in [0.05, 0.1) is 11.0 Å². The summed E-state index contributed by atoms with van der Waals surface area (Å²) >= 11 is 0. The third-order valence-corrected chi connectivity index (χ3v) is 6.27. The van der Waals surface area contributed by atoms with Gasteiger partial charge >= 0.3 is 5.69 Å². The van der Waals surface area contributed by atoms with Gasteiger partial charge in [0.1, 0.15) is 18.9 Å². The van der Waals surface area contributed by atoms with Gasteiger partial charge < -0.3 is 14.8 Å². The number of nitrogens with zero attached hydrogens (tertiary/aromatic N) is 3. The lowest BCUT2D eigenvalue weighted by atomic mass is 10.1. The normalized spacial score (nSPS) is 14.6. The van der Waals surface area contributed by atoms with Crippen LogP contribution >= 0.6 is 0 Å². The standard InChI is InChI=1S/C25H32N4O4/c1-27(20-10-13-32-14-11-20)12-15-33-21-7-5-6-19(16-21)17-26-24(30)18-29-23-9-4-3-8-22(23)28(2)25(29)31/h3-9,16,20H,10-15,17-18H2,1-2H3,(H,26,30). The Hall–Kier alpha value is -3.10. The fourth-order valence-electron chi connectivity index (χ4n) is 4.28. The van der Waals surface area contributed by atoms with E-state index in [-0.39, 0.29) is 18.1 Å². The van der Waals surface area contributed by atoms with Gasteiger partial charge in [-0.15, -0.1) is 0 Å². The predicted molar refractivity (Wildman–Crippen MR) is 127 cm³/mol. The molecule has 1 fully saturated rings. The summed E-state index contributed by atoms with van der Waals surface area (Å²) in [5.74, 6) is 0.574. The van der Waals surface area contributed by atoms with Crippen LogP contribution in [0.2, 0.25) is 0 Å². The zero-order valence-corrected chi connectivity index (χ0v) is 19.3. The number of aryl methyl sites for hydroxylation is 1. The number of para-hydroxylation sites is 2. The lowest BCUT2D eigenvalue weighted by Gasteiger charge is -2.31. The molecule has 8 heteroatoms. The van der Waals surface area contributed by atoms with E-state index in [1.165, 1.54) is 4.57 Å².